The maximum absolute atomic E-state index is 12.6. The lowest BCUT2D eigenvalue weighted by atomic mass is 10.1. The van der Waals surface area contributed by atoms with Crippen molar-refractivity contribution in [2.45, 2.75) is 31.7 Å². The van der Waals surface area contributed by atoms with E-state index in [0.717, 1.165) is 24.8 Å². The molecule has 0 aromatic heterocycles. The predicted octanol–water partition coefficient (Wildman–Crippen LogP) is 2.04. The predicted molar refractivity (Wildman–Crippen MR) is 89.1 cm³/mol. The molecule has 0 saturated heterocycles. The number of rotatable bonds is 7. The normalized spacial score (nSPS) is 21.4. The van der Waals surface area contributed by atoms with Gasteiger partial charge in [0.2, 0.25) is 5.91 Å². The molecule has 0 unspecified atom stereocenters. The summed E-state index contributed by atoms with van der Waals surface area (Å²) in [6, 6.07) is 10.2. The van der Waals surface area contributed by atoms with Crippen LogP contribution in [0.3, 0.4) is 0 Å². The van der Waals surface area contributed by atoms with Crippen LogP contribution < -0.4 is 5.73 Å². The smallest absolute Gasteiger partial charge is 0.226 e. The molecule has 1 aliphatic carbocycles. The number of amides is 1. The van der Waals surface area contributed by atoms with Gasteiger partial charge in [-0.25, -0.2) is 0 Å². The highest BCUT2D eigenvalue weighted by atomic mass is 16.3. The number of hydrogen-bond acceptors (Lipinski definition) is 3. The Bertz CT molecular complexity index is 487. The summed E-state index contributed by atoms with van der Waals surface area (Å²) in [5.41, 5.74) is 7.04. The lowest BCUT2D eigenvalue weighted by molar-refractivity contribution is -0.135. The van der Waals surface area contributed by atoms with Crippen LogP contribution in [0.2, 0.25) is 0 Å². The molecule has 4 nitrogen and oxygen atoms in total. The van der Waals surface area contributed by atoms with Gasteiger partial charge in [0, 0.05) is 31.7 Å². The number of hydrogen-bond donors (Lipinski definition) is 2. The number of aliphatic hydroxyl groups excluding tert-OH is 1. The average Bonchev–Trinajstić information content (AvgIpc) is 2.97. The molecule has 1 amide bonds. The van der Waals surface area contributed by atoms with E-state index >= 15 is 0 Å². The summed E-state index contributed by atoms with van der Waals surface area (Å²) < 4.78 is 0. The van der Waals surface area contributed by atoms with Crippen molar-refractivity contribution in [1.82, 2.24) is 4.90 Å². The van der Waals surface area contributed by atoms with Crippen LogP contribution in [-0.4, -0.2) is 41.7 Å². The van der Waals surface area contributed by atoms with Gasteiger partial charge in [-0.1, -0.05) is 42.5 Å². The molecule has 1 aromatic rings. The molecule has 1 aromatic carbocycles. The van der Waals surface area contributed by atoms with Gasteiger partial charge in [0.25, 0.3) is 0 Å². The summed E-state index contributed by atoms with van der Waals surface area (Å²) in [5, 5.41) is 9.03. The third-order valence-electron chi connectivity index (χ3n) is 4.16. The van der Waals surface area contributed by atoms with Crippen LogP contribution in [0.4, 0.5) is 0 Å². The maximum atomic E-state index is 12.6. The lowest BCUT2D eigenvalue weighted by Gasteiger charge is -2.24. The van der Waals surface area contributed by atoms with Gasteiger partial charge < -0.3 is 15.7 Å². The second-order valence-corrected chi connectivity index (χ2v) is 5.94. The molecule has 1 aliphatic rings. The molecule has 4 heteroatoms. The molecule has 120 valence electrons. The highest BCUT2D eigenvalue weighted by Crippen LogP contribution is 2.26. The fourth-order valence-corrected chi connectivity index (χ4v) is 2.93. The third kappa shape index (κ3) is 4.97. The van der Waals surface area contributed by atoms with E-state index in [-0.39, 0.29) is 24.5 Å². The number of nitrogens with zero attached hydrogens (tertiary/aromatic N) is 1. The molecule has 0 radical (unpaired) electrons. The van der Waals surface area contributed by atoms with E-state index in [2.05, 4.69) is 0 Å². The minimum atomic E-state index is 0.0545. The SMILES string of the molecule is N[C@@H]1CC[C@H](C(=O)N(CC=Cc2ccccc2)CCCO)C1. The molecule has 3 N–H and O–H groups in total. The Morgan fingerprint density at radius 2 is 2.09 bits per heavy atom. The van der Waals surface area contributed by atoms with Crippen molar-refractivity contribution in [2.24, 2.45) is 11.7 Å². The van der Waals surface area contributed by atoms with E-state index in [0.29, 0.717) is 19.5 Å². The van der Waals surface area contributed by atoms with Crippen LogP contribution in [0.25, 0.3) is 6.08 Å². The van der Waals surface area contributed by atoms with Crippen LogP contribution in [0.15, 0.2) is 36.4 Å². The summed E-state index contributed by atoms with van der Waals surface area (Å²) in [7, 11) is 0. The topological polar surface area (TPSA) is 66.6 Å². The Morgan fingerprint density at radius 1 is 1.32 bits per heavy atom. The lowest BCUT2D eigenvalue weighted by Crippen LogP contribution is -2.37. The Kier molecular flexibility index (Phi) is 6.62. The van der Waals surface area contributed by atoms with Gasteiger partial charge in [0.05, 0.1) is 0 Å². The Morgan fingerprint density at radius 3 is 2.73 bits per heavy atom. The zero-order chi connectivity index (χ0) is 15.8. The van der Waals surface area contributed by atoms with Gasteiger partial charge in [-0.05, 0) is 31.2 Å². The van der Waals surface area contributed by atoms with Gasteiger partial charge >= 0.3 is 0 Å². The van der Waals surface area contributed by atoms with Gasteiger partial charge in [-0.3, -0.25) is 4.79 Å². The molecule has 0 bridgehead atoms. The quantitative estimate of drug-likeness (QED) is 0.810. The standard InChI is InChI=1S/C18H26N2O2/c19-17-10-9-16(14-17)18(22)20(12-5-13-21)11-4-8-15-6-2-1-3-7-15/h1-4,6-8,16-17,21H,5,9-14,19H2/t16-,17+/m0/s1. The van der Waals surface area contributed by atoms with Crippen LogP contribution in [0, 0.1) is 5.92 Å². The monoisotopic (exact) mass is 302 g/mol. The summed E-state index contributed by atoms with van der Waals surface area (Å²) in [5.74, 6) is 0.234. The number of aliphatic hydroxyl groups is 1. The van der Waals surface area contributed by atoms with Crippen molar-refractivity contribution in [2.75, 3.05) is 19.7 Å². The maximum Gasteiger partial charge on any atom is 0.226 e. The molecule has 22 heavy (non-hydrogen) atoms. The number of benzene rings is 1. The van der Waals surface area contributed by atoms with E-state index in [9.17, 15) is 4.79 Å². The molecule has 1 fully saturated rings. The minimum absolute atomic E-state index is 0.0545. The van der Waals surface area contributed by atoms with Crippen molar-refractivity contribution >= 4 is 12.0 Å². The first-order valence-corrected chi connectivity index (χ1v) is 8.07. The first-order valence-electron chi connectivity index (χ1n) is 8.07. The first kappa shape index (κ1) is 16.7. The summed E-state index contributed by atoms with van der Waals surface area (Å²) in [6.07, 6.45) is 7.27. The third-order valence-corrected chi connectivity index (χ3v) is 4.16. The van der Waals surface area contributed by atoms with Crippen LogP contribution in [0.1, 0.15) is 31.2 Å². The van der Waals surface area contributed by atoms with E-state index in [4.69, 9.17) is 10.8 Å². The highest BCUT2D eigenvalue weighted by Gasteiger charge is 2.30. The first-order chi connectivity index (χ1) is 10.7. The highest BCUT2D eigenvalue weighted by molar-refractivity contribution is 5.79. The Balaban J connectivity index is 1.93. The number of carbonyl (C=O) groups excluding carboxylic acids is 1. The van der Waals surface area contributed by atoms with Crippen LogP contribution >= 0.6 is 0 Å². The van der Waals surface area contributed by atoms with E-state index < -0.39 is 0 Å². The Hall–Kier alpha value is -1.65. The molecule has 0 spiro atoms. The molecule has 0 aliphatic heterocycles. The molecule has 2 rings (SSSR count). The fourth-order valence-electron chi connectivity index (χ4n) is 2.93. The molecule has 2 atom stereocenters. The Labute approximate surface area is 132 Å². The molecule has 1 saturated carbocycles. The second-order valence-electron chi connectivity index (χ2n) is 5.94. The fraction of sp³-hybridized carbons (Fsp3) is 0.500. The summed E-state index contributed by atoms with van der Waals surface area (Å²) in [4.78, 5) is 14.4. The molecule has 0 heterocycles. The van der Waals surface area contributed by atoms with Gasteiger partial charge in [-0.2, -0.15) is 0 Å². The zero-order valence-corrected chi connectivity index (χ0v) is 13.0. The van der Waals surface area contributed by atoms with Crippen molar-refractivity contribution in [1.29, 1.82) is 0 Å². The zero-order valence-electron chi connectivity index (χ0n) is 13.0. The molecular weight excluding hydrogens is 276 g/mol. The van der Waals surface area contributed by atoms with Crippen molar-refractivity contribution in [3.63, 3.8) is 0 Å². The summed E-state index contributed by atoms with van der Waals surface area (Å²) in [6.45, 7) is 1.29. The largest absolute Gasteiger partial charge is 0.396 e. The summed E-state index contributed by atoms with van der Waals surface area (Å²) >= 11 is 0. The van der Waals surface area contributed by atoms with Crippen molar-refractivity contribution in [3.05, 3.63) is 42.0 Å². The van der Waals surface area contributed by atoms with Crippen molar-refractivity contribution in [3.8, 4) is 0 Å². The average molecular weight is 302 g/mol. The van der Waals surface area contributed by atoms with Gasteiger partial charge in [0.1, 0.15) is 0 Å². The van der Waals surface area contributed by atoms with E-state index in [1.807, 2.05) is 47.4 Å². The van der Waals surface area contributed by atoms with Crippen molar-refractivity contribution < 1.29 is 9.90 Å². The van der Waals surface area contributed by atoms with Gasteiger partial charge in [0.15, 0.2) is 0 Å². The van der Waals surface area contributed by atoms with Gasteiger partial charge in [-0.15, -0.1) is 0 Å². The van der Waals surface area contributed by atoms with Crippen LogP contribution in [-0.2, 0) is 4.79 Å². The second kappa shape index (κ2) is 8.71. The molecular formula is C18H26N2O2. The number of carbonyl (C=O) groups is 1. The van der Waals surface area contributed by atoms with E-state index in [1.165, 1.54) is 0 Å². The minimum Gasteiger partial charge on any atom is -0.396 e. The number of nitrogens with two attached hydrogens (primary N) is 1. The van der Waals surface area contributed by atoms with E-state index in [1.54, 1.807) is 0 Å². The van der Waals surface area contributed by atoms with Crippen LogP contribution in [0.5, 0.6) is 0 Å².